The Hall–Kier alpha value is -1.14. The van der Waals surface area contributed by atoms with E-state index in [1.54, 1.807) is 25.3 Å². The van der Waals surface area contributed by atoms with Crippen LogP contribution in [0, 0.1) is 0 Å². The number of anilines is 1. The van der Waals surface area contributed by atoms with Crippen LogP contribution in [0.1, 0.15) is 13.3 Å². The summed E-state index contributed by atoms with van der Waals surface area (Å²) in [5.41, 5.74) is 0. The van der Waals surface area contributed by atoms with E-state index in [0.29, 0.717) is 28.5 Å². The van der Waals surface area contributed by atoms with Crippen LogP contribution in [0.5, 0.6) is 0 Å². The van der Waals surface area contributed by atoms with Crippen molar-refractivity contribution in [2.24, 2.45) is 5.10 Å². The van der Waals surface area contributed by atoms with Gasteiger partial charge in [0.15, 0.2) is 11.9 Å². The number of nitrogens with zero attached hydrogens (tertiary/aromatic N) is 3. The molecular formula is C11H11BrClN3O2. The normalized spacial score (nSPS) is 18.7. The van der Waals surface area contributed by atoms with Gasteiger partial charge in [0, 0.05) is 12.6 Å². The molecule has 0 aliphatic carbocycles. The minimum Gasteiger partial charge on any atom is -0.464 e. The standard InChI is InChI=1S/C11H11BrClN3O2/c1-2-18-11(17)8-6-9(12)15-16(8)10-7(13)4-3-5-14-10/h3-5,8H,2,6H2,1H3/t8-/m0/s1. The van der Waals surface area contributed by atoms with Crippen LogP contribution in [-0.4, -0.2) is 28.2 Å². The van der Waals surface area contributed by atoms with Crippen molar-refractivity contribution in [3.63, 3.8) is 0 Å². The molecule has 1 aliphatic rings. The zero-order valence-electron chi connectivity index (χ0n) is 9.64. The van der Waals surface area contributed by atoms with Gasteiger partial charge in [-0.1, -0.05) is 11.6 Å². The third-order valence-electron chi connectivity index (χ3n) is 2.39. The second-order valence-corrected chi connectivity index (χ2v) is 4.92. The Kier molecular flexibility index (Phi) is 4.19. The number of esters is 1. The highest BCUT2D eigenvalue weighted by molar-refractivity contribution is 9.18. The molecule has 18 heavy (non-hydrogen) atoms. The topological polar surface area (TPSA) is 54.8 Å². The lowest BCUT2D eigenvalue weighted by molar-refractivity contribution is -0.144. The van der Waals surface area contributed by atoms with Gasteiger partial charge in [0.1, 0.15) is 4.62 Å². The second kappa shape index (κ2) is 5.67. The van der Waals surface area contributed by atoms with E-state index >= 15 is 0 Å². The lowest BCUT2D eigenvalue weighted by Gasteiger charge is -2.21. The van der Waals surface area contributed by atoms with Crippen LogP contribution in [0.2, 0.25) is 5.02 Å². The number of pyridine rings is 1. The molecule has 0 aromatic carbocycles. The van der Waals surface area contributed by atoms with Crippen molar-refractivity contribution in [3.8, 4) is 0 Å². The summed E-state index contributed by atoms with van der Waals surface area (Å²) in [5, 5.41) is 6.16. The fourth-order valence-corrected chi connectivity index (χ4v) is 2.32. The molecule has 0 radical (unpaired) electrons. The van der Waals surface area contributed by atoms with Gasteiger partial charge in [0.2, 0.25) is 0 Å². The molecule has 0 spiro atoms. The zero-order valence-corrected chi connectivity index (χ0v) is 12.0. The average Bonchev–Trinajstić information content (AvgIpc) is 2.72. The van der Waals surface area contributed by atoms with Crippen molar-refractivity contribution in [2.45, 2.75) is 19.4 Å². The maximum Gasteiger partial charge on any atom is 0.331 e. The maximum absolute atomic E-state index is 11.9. The van der Waals surface area contributed by atoms with Crippen molar-refractivity contribution in [1.82, 2.24) is 4.98 Å². The van der Waals surface area contributed by atoms with E-state index in [0.717, 1.165) is 0 Å². The Morgan fingerprint density at radius 3 is 3.17 bits per heavy atom. The predicted molar refractivity (Wildman–Crippen MR) is 73.1 cm³/mol. The number of hydrogen-bond donors (Lipinski definition) is 0. The SMILES string of the molecule is CCOC(=O)[C@@H]1CC(Br)=NN1c1ncccc1Cl. The van der Waals surface area contributed by atoms with Gasteiger partial charge in [-0.2, -0.15) is 5.10 Å². The Balaban J connectivity index is 2.29. The van der Waals surface area contributed by atoms with Gasteiger partial charge in [-0.05, 0) is 35.0 Å². The highest BCUT2D eigenvalue weighted by Crippen LogP contribution is 2.30. The van der Waals surface area contributed by atoms with Crippen LogP contribution in [-0.2, 0) is 9.53 Å². The molecule has 1 aromatic heterocycles. The number of halogens is 2. The van der Waals surface area contributed by atoms with E-state index in [1.165, 1.54) is 5.01 Å². The minimum atomic E-state index is -0.522. The van der Waals surface area contributed by atoms with Gasteiger partial charge in [-0.3, -0.25) is 0 Å². The van der Waals surface area contributed by atoms with Gasteiger partial charge < -0.3 is 4.74 Å². The zero-order chi connectivity index (χ0) is 13.1. The minimum absolute atomic E-state index is 0.330. The van der Waals surface area contributed by atoms with Gasteiger partial charge in [0.25, 0.3) is 0 Å². The number of hydrogen-bond acceptors (Lipinski definition) is 5. The van der Waals surface area contributed by atoms with Gasteiger partial charge in [0.05, 0.1) is 11.6 Å². The summed E-state index contributed by atoms with van der Waals surface area (Å²) in [6.45, 7) is 2.09. The smallest absolute Gasteiger partial charge is 0.331 e. The van der Waals surface area contributed by atoms with Crippen LogP contribution in [0.4, 0.5) is 5.82 Å². The van der Waals surface area contributed by atoms with Crippen LogP contribution in [0.3, 0.4) is 0 Å². The number of aromatic nitrogens is 1. The molecular weight excluding hydrogens is 321 g/mol. The van der Waals surface area contributed by atoms with Crippen molar-refractivity contribution in [2.75, 3.05) is 11.6 Å². The molecule has 0 N–H and O–H groups in total. The fourth-order valence-electron chi connectivity index (χ4n) is 1.64. The Morgan fingerprint density at radius 1 is 1.72 bits per heavy atom. The maximum atomic E-state index is 11.9. The number of hydrazone groups is 1. The molecule has 7 heteroatoms. The first-order valence-corrected chi connectivity index (χ1v) is 6.60. The summed E-state index contributed by atoms with van der Waals surface area (Å²) < 4.78 is 5.69. The molecule has 5 nitrogen and oxygen atoms in total. The molecule has 0 saturated carbocycles. The van der Waals surface area contributed by atoms with E-state index < -0.39 is 6.04 Å². The summed E-state index contributed by atoms with van der Waals surface area (Å²) in [6, 6.07) is 2.90. The first-order valence-electron chi connectivity index (χ1n) is 5.43. The van der Waals surface area contributed by atoms with Gasteiger partial charge >= 0.3 is 5.97 Å². The van der Waals surface area contributed by atoms with Crippen LogP contribution >= 0.6 is 27.5 Å². The first kappa shape index (κ1) is 13.3. The lowest BCUT2D eigenvalue weighted by atomic mass is 10.2. The number of ether oxygens (including phenoxy) is 1. The van der Waals surface area contributed by atoms with E-state index in [-0.39, 0.29) is 5.97 Å². The number of carbonyl (C=O) groups is 1. The van der Waals surface area contributed by atoms with Crippen LogP contribution in [0.25, 0.3) is 0 Å². The number of carbonyl (C=O) groups excluding carboxylic acids is 1. The highest BCUT2D eigenvalue weighted by atomic mass is 79.9. The van der Waals surface area contributed by atoms with Crippen LogP contribution in [0.15, 0.2) is 23.4 Å². The molecule has 0 bridgehead atoms. The Morgan fingerprint density at radius 2 is 2.50 bits per heavy atom. The van der Waals surface area contributed by atoms with Crippen molar-refractivity contribution >= 4 is 43.9 Å². The summed E-state index contributed by atoms with van der Waals surface area (Å²) >= 11 is 9.35. The first-order chi connectivity index (χ1) is 8.63. The van der Waals surface area contributed by atoms with Gasteiger partial charge in [-0.15, -0.1) is 0 Å². The van der Waals surface area contributed by atoms with E-state index in [1.807, 2.05) is 0 Å². The molecule has 1 aliphatic heterocycles. The summed E-state index contributed by atoms with van der Waals surface area (Å²) in [5.74, 6) is 0.115. The van der Waals surface area contributed by atoms with E-state index in [9.17, 15) is 4.79 Å². The molecule has 0 fully saturated rings. The number of rotatable bonds is 3. The van der Waals surface area contributed by atoms with Gasteiger partial charge in [-0.25, -0.2) is 14.8 Å². The third-order valence-corrected chi connectivity index (χ3v) is 3.17. The monoisotopic (exact) mass is 331 g/mol. The Labute approximate surface area is 118 Å². The molecule has 2 rings (SSSR count). The van der Waals surface area contributed by atoms with E-state index in [4.69, 9.17) is 16.3 Å². The van der Waals surface area contributed by atoms with E-state index in [2.05, 4.69) is 26.0 Å². The molecule has 1 aromatic rings. The quantitative estimate of drug-likeness (QED) is 0.798. The summed E-state index contributed by atoms with van der Waals surface area (Å²) in [4.78, 5) is 16.0. The predicted octanol–water partition coefficient (Wildman–Crippen LogP) is 2.59. The highest BCUT2D eigenvalue weighted by Gasteiger charge is 2.35. The molecule has 1 atom stereocenters. The Bertz CT molecular complexity index is 495. The molecule has 96 valence electrons. The van der Waals surface area contributed by atoms with Crippen molar-refractivity contribution < 1.29 is 9.53 Å². The molecule has 0 amide bonds. The molecule has 0 saturated heterocycles. The average molecular weight is 333 g/mol. The largest absolute Gasteiger partial charge is 0.464 e. The molecule has 0 unspecified atom stereocenters. The lowest BCUT2D eigenvalue weighted by Crippen LogP contribution is -2.36. The second-order valence-electron chi connectivity index (χ2n) is 3.60. The molecule has 2 heterocycles. The fraction of sp³-hybridized carbons (Fsp3) is 0.364. The third kappa shape index (κ3) is 2.64. The summed E-state index contributed by atoms with van der Waals surface area (Å²) in [6.07, 6.45) is 2.05. The van der Waals surface area contributed by atoms with Crippen molar-refractivity contribution in [3.05, 3.63) is 23.4 Å². The van der Waals surface area contributed by atoms with Crippen LogP contribution < -0.4 is 5.01 Å². The summed E-state index contributed by atoms with van der Waals surface area (Å²) in [7, 11) is 0. The van der Waals surface area contributed by atoms with Crippen molar-refractivity contribution in [1.29, 1.82) is 0 Å².